The Morgan fingerprint density at radius 3 is 1.87 bits per heavy atom. The standard InChI is InChI=1S/C30H29BrN2O4S/c1-23-13-15-26(16-14-23)33(38(35,36)27-17-18-29(37-2)28(31)19-27)22-30(34)32(20-24-9-5-3-6-10-24)21-25-11-7-4-8-12-25/h3-19H,20-22H2,1-2H3. The van der Waals surface area contributed by atoms with E-state index in [1.54, 1.807) is 23.1 Å². The topological polar surface area (TPSA) is 66.9 Å². The van der Waals surface area contributed by atoms with Crippen molar-refractivity contribution in [1.82, 2.24) is 4.90 Å². The number of carbonyl (C=O) groups excluding carboxylic acids is 1. The number of sulfonamides is 1. The highest BCUT2D eigenvalue weighted by atomic mass is 79.9. The predicted octanol–water partition coefficient (Wildman–Crippen LogP) is 6.19. The van der Waals surface area contributed by atoms with Crippen molar-refractivity contribution < 1.29 is 17.9 Å². The summed E-state index contributed by atoms with van der Waals surface area (Å²) >= 11 is 3.38. The minimum atomic E-state index is -4.09. The average molecular weight is 594 g/mol. The highest BCUT2D eigenvalue weighted by Crippen LogP contribution is 2.31. The molecule has 0 bridgehead atoms. The molecule has 0 saturated heterocycles. The molecule has 1 amide bonds. The van der Waals surface area contributed by atoms with Gasteiger partial charge >= 0.3 is 0 Å². The first kappa shape index (κ1) is 27.4. The molecule has 0 N–H and O–H groups in total. The van der Waals surface area contributed by atoms with E-state index in [9.17, 15) is 13.2 Å². The Labute approximate surface area is 232 Å². The molecular formula is C30H29BrN2O4S. The van der Waals surface area contributed by atoms with Crippen LogP contribution in [0.5, 0.6) is 5.75 Å². The van der Waals surface area contributed by atoms with Crippen LogP contribution in [-0.2, 0) is 27.9 Å². The molecule has 0 heterocycles. The molecule has 0 unspecified atom stereocenters. The minimum Gasteiger partial charge on any atom is -0.496 e. The zero-order valence-corrected chi connectivity index (χ0v) is 23.7. The summed E-state index contributed by atoms with van der Waals surface area (Å²) in [4.78, 5) is 15.6. The quantitative estimate of drug-likeness (QED) is 0.220. The van der Waals surface area contributed by atoms with Gasteiger partial charge in [0.25, 0.3) is 10.0 Å². The van der Waals surface area contributed by atoms with E-state index in [1.807, 2.05) is 79.7 Å². The molecule has 38 heavy (non-hydrogen) atoms. The molecule has 0 atom stereocenters. The van der Waals surface area contributed by atoms with Gasteiger partial charge in [-0.05, 0) is 64.3 Å². The number of halogens is 1. The molecule has 196 valence electrons. The Bertz CT molecular complexity index is 1440. The molecule has 6 nitrogen and oxygen atoms in total. The number of benzene rings is 4. The van der Waals surface area contributed by atoms with E-state index in [4.69, 9.17) is 4.74 Å². The first-order valence-electron chi connectivity index (χ1n) is 12.1. The van der Waals surface area contributed by atoms with E-state index in [-0.39, 0.29) is 17.3 Å². The molecular weight excluding hydrogens is 564 g/mol. The van der Waals surface area contributed by atoms with Crippen molar-refractivity contribution in [1.29, 1.82) is 0 Å². The van der Waals surface area contributed by atoms with Gasteiger partial charge in [0.2, 0.25) is 5.91 Å². The van der Waals surface area contributed by atoms with Crippen LogP contribution in [0, 0.1) is 6.92 Å². The van der Waals surface area contributed by atoms with Crippen LogP contribution in [0.1, 0.15) is 16.7 Å². The number of carbonyl (C=O) groups is 1. The first-order valence-corrected chi connectivity index (χ1v) is 14.3. The molecule has 0 aliphatic carbocycles. The largest absolute Gasteiger partial charge is 0.496 e. The number of hydrogen-bond donors (Lipinski definition) is 0. The van der Waals surface area contributed by atoms with Crippen LogP contribution in [-0.4, -0.2) is 32.9 Å². The molecule has 0 spiro atoms. The SMILES string of the molecule is COc1ccc(S(=O)(=O)N(CC(=O)N(Cc2ccccc2)Cc2ccccc2)c2ccc(C)cc2)cc1Br. The molecule has 0 fully saturated rings. The summed E-state index contributed by atoms with van der Waals surface area (Å²) in [5, 5.41) is 0. The van der Waals surface area contributed by atoms with E-state index in [0.29, 0.717) is 29.0 Å². The predicted molar refractivity (Wildman–Crippen MR) is 154 cm³/mol. The third-order valence-electron chi connectivity index (χ3n) is 6.10. The molecule has 0 aromatic heterocycles. The summed E-state index contributed by atoms with van der Waals surface area (Å²) in [6.07, 6.45) is 0. The van der Waals surface area contributed by atoms with E-state index in [1.165, 1.54) is 23.5 Å². The highest BCUT2D eigenvalue weighted by Gasteiger charge is 2.30. The lowest BCUT2D eigenvalue weighted by Gasteiger charge is -2.29. The number of aryl methyl sites for hydroxylation is 1. The zero-order valence-electron chi connectivity index (χ0n) is 21.2. The van der Waals surface area contributed by atoms with Crippen molar-refractivity contribution in [3.8, 4) is 5.75 Å². The normalized spacial score (nSPS) is 11.1. The van der Waals surface area contributed by atoms with Crippen LogP contribution in [0.3, 0.4) is 0 Å². The summed E-state index contributed by atoms with van der Waals surface area (Å²) in [5.41, 5.74) is 3.32. The van der Waals surface area contributed by atoms with Crippen LogP contribution in [0.15, 0.2) is 112 Å². The Kier molecular flexibility index (Phi) is 8.86. The second-order valence-corrected chi connectivity index (χ2v) is 11.6. The summed E-state index contributed by atoms with van der Waals surface area (Å²) in [6, 6.07) is 31.0. The first-order chi connectivity index (χ1) is 18.3. The number of amides is 1. The van der Waals surface area contributed by atoms with Gasteiger partial charge in [0.05, 0.1) is 22.2 Å². The molecule has 0 radical (unpaired) electrons. The minimum absolute atomic E-state index is 0.0521. The summed E-state index contributed by atoms with van der Waals surface area (Å²) in [6.45, 7) is 2.28. The lowest BCUT2D eigenvalue weighted by Crippen LogP contribution is -2.42. The van der Waals surface area contributed by atoms with Crippen LogP contribution >= 0.6 is 15.9 Å². The van der Waals surface area contributed by atoms with Crippen LogP contribution in [0.25, 0.3) is 0 Å². The van der Waals surface area contributed by atoms with Gasteiger partial charge in [0.15, 0.2) is 0 Å². The second kappa shape index (κ2) is 12.3. The molecule has 4 aromatic rings. The summed E-state index contributed by atoms with van der Waals surface area (Å²) < 4.78 is 34.8. The summed E-state index contributed by atoms with van der Waals surface area (Å²) in [7, 11) is -2.57. The average Bonchev–Trinajstić information content (AvgIpc) is 2.93. The Morgan fingerprint density at radius 1 is 0.816 bits per heavy atom. The fourth-order valence-electron chi connectivity index (χ4n) is 4.02. The molecule has 0 aliphatic heterocycles. The smallest absolute Gasteiger partial charge is 0.264 e. The van der Waals surface area contributed by atoms with Gasteiger partial charge in [-0.2, -0.15) is 0 Å². The molecule has 4 rings (SSSR count). The maximum Gasteiger partial charge on any atom is 0.264 e. The van der Waals surface area contributed by atoms with Gasteiger partial charge in [-0.25, -0.2) is 8.42 Å². The maximum absolute atomic E-state index is 13.9. The third kappa shape index (κ3) is 6.62. The van der Waals surface area contributed by atoms with Crippen molar-refractivity contribution in [2.75, 3.05) is 18.0 Å². The Morgan fingerprint density at radius 2 is 1.37 bits per heavy atom. The van der Waals surface area contributed by atoms with Crippen LogP contribution in [0.4, 0.5) is 5.69 Å². The lowest BCUT2D eigenvalue weighted by molar-refractivity contribution is -0.130. The fourth-order valence-corrected chi connectivity index (χ4v) is 6.16. The maximum atomic E-state index is 13.9. The van der Waals surface area contributed by atoms with E-state index >= 15 is 0 Å². The monoisotopic (exact) mass is 592 g/mol. The molecule has 8 heteroatoms. The van der Waals surface area contributed by atoms with Crippen LogP contribution < -0.4 is 9.04 Å². The van der Waals surface area contributed by atoms with Gasteiger partial charge in [-0.1, -0.05) is 78.4 Å². The highest BCUT2D eigenvalue weighted by molar-refractivity contribution is 9.10. The van der Waals surface area contributed by atoms with Gasteiger partial charge in [0, 0.05) is 13.1 Å². The zero-order chi connectivity index (χ0) is 27.1. The van der Waals surface area contributed by atoms with Crippen LogP contribution in [0.2, 0.25) is 0 Å². The number of methoxy groups -OCH3 is 1. The summed E-state index contributed by atoms with van der Waals surface area (Å²) in [5.74, 6) is 0.202. The molecule has 0 saturated carbocycles. The van der Waals surface area contributed by atoms with Gasteiger partial charge in [-0.3, -0.25) is 9.10 Å². The van der Waals surface area contributed by atoms with Crippen molar-refractivity contribution in [3.05, 3.63) is 124 Å². The number of anilines is 1. The Balaban J connectivity index is 1.71. The number of nitrogens with zero attached hydrogens (tertiary/aromatic N) is 2. The van der Waals surface area contributed by atoms with Gasteiger partial charge < -0.3 is 9.64 Å². The van der Waals surface area contributed by atoms with E-state index in [0.717, 1.165) is 16.7 Å². The van der Waals surface area contributed by atoms with Crippen molar-refractivity contribution >= 4 is 37.5 Å². The van der Waals surface area contributed by atoms with Crippen molar-refractivity contribution in [3.63, 3.8) is 0 Å². The van der Waals surface area contributed by atoms with Gasteiger partial charge in [-0.15, -0.1) is 0 Å². The van der Waals surface area contributed by atoms with E-state index in [2.05, 4.69) is 15.9 Å². The fraction of sp³-hybridized carbons (Fsp3) is 0.167. The number of rotatable bonds is 10. The number of hydrogen-bond acceptors (Lipinski definition) is 4. The second-order valence-electron chi connectivity index (χ2n) is 8.86. The van der Waals surface area contributed by atoms with Gasteiger partial charge in [0.1, 0.15) is 12.3 Å². The van der Waals surface area contributed by atoms with E-state index < -0.39 is 10.0 Å². The van der Waals surface area contributed by atoms with Crippen molar-refractivity contribution in [2.45, 2.75) is 24.9 Å². The molecule has 0 aliphatic rings. The number of ether oxygens (including phenoxy) is 1. The lowest BCUT2D eigenvalue weighted by atomic mass is 10.1. The molecule has 4 aromatic carbocycles. The van der Waals surface area contributed by atoms with Crippen molar-refractivity contribution in [2.24, 2.45) is 0 Å². The third-order valence-corrected chi connectivity index (χ3v) is 8.49. The Hall–Kier alpha value is -3.62.